The first-order valence-corrected chi connectivity index (χ1v) is 8.77. The van der Waals surface area contributed by atoms with Gasteiger partial charge in [0, 0.05) is 18.7 Å². The Morgan fingerprint density at radius 2 is 1.96 bits per heavy atom. The highest BCUT2D eigenvalue weighted by atomic mass is 16.6. The Hall–Kier alpha value is -2.96. The second-order valence-electron chi connectivity index (χ2n) is 6.13. The second-order valence-corrected chi connectivity index (χ2v) is 6.13. The van der Waals surface area contributed by atoms with Crippen LogP contribution in [0, 0.1) is 5.92 Å². The normalized spacial score (nSPS) is 16.8. The molecule has 0 saturated carbocycles. The van der Waals surface area contributed by atoms with E-state index in [1.54, 1.807) is 24.2 Å². The zero-order valence-electron chi connectivity index (χ0n) is 14.7. The summed E-state index contributed by atoms with van der Waals surface area (Å²) >= 11 is 0. The number of benzene rings is 1. The van der Waals surface area contributed by atoms with Gasteiger partial charge in [-0.05, 0) is 19.8 Å². The molecule has 26 heavy (non-hydrogen) atoms. The molecule has 0 radical (unpaired) electrons. The summed E-state index contributed by atoms with van der Waals surface area (Å²) in [4.78, 5) is 34.5. The quantitative estimate of drug-likeness (QED) is 0.912. The summed E-state index contributed by atoms with van der Waals surface area (Å²) in [5.41, 5.74) is 1.46. The molecule has 1 unspecified atom stereocenters. The Balaban J connectivity index is 1.60. The Morgan fingerprint density at radius 3 is 2.65 bits per heavy atom. The molecule has 1 aromatic carbocycles. The average Bonchev–Trinajstić information content (AvgIpc) is 2.69. The number of carbonyl (C=O) groups is 2. The topological polar surface area (TPSA) is 84.4 Å². The van der Waals surface area contributed by atoms with Crippen molar-refractivity contribution >= 4 is 17.7 Å². The third-order valence-corrected chi connectivity index (χ3v) is 4.27. The van der Waals surface area contributed by atoms with Gasteiger partial charge in [-0.1, -0.05) is 30.3 Å². The Bertz CT molecular complexity index is 749. The smallest absolute Gasteiger partial charge is 0.409 e. The fourth-order valence-electron chi connectivity index (χ4n) is 2.94. The zero-order valence-corrected chi connectivity index (χ0v) is 14.7. The maximum atomic E-state index is 12.5. The summed E-state index contributed by atoms with van der Waals surface area (Å²) in [7, 11) is 0. The minimum atomic E-state index is -0.361. The van der Waals surface area contributed by atoms with Crippen LogP contribution in [0.2, 0.25) is 0 Å². The van der Waals surface area contributed by atoms with Crippen molar-refractivity contribution in [1.29, 1.82) is 0 Å². The van der Waals surface area contributed by atoms with E-state index in [9.17, 15) is 9.59 Å². The highest BCUT2D eigenvalue weighted by Crippen LogP contribution is 2.20. The van der Waals surface area contributed by atoms with Gasteiger partial charge in [-0.15, -0.1) is 0 Å². The minimum absolute atomic E-state index is 0.130. The summed E-state index contributed by atoms with van der Waals surface area (Å²) in [5, 5.41) is 2.84. The van der Waals surface area contributed by atoms with Crippen LogP contribution in [-0.4, -0.2) is 46.6 Å². The van der Waals surface area contributed by atoms with Crippen molar-refractivity contribution in [1.82, 2.24) is 14.9 Å². The van der Waals surface area contributed by atoms with Gasteiger partial charge in [0.1, 0.15) is 0 Å². The number of nitrogens with zero attached hydrogens (tertiary/aromatic N) is 3. The third-order valence-electron chi connectivity index (χ3n) is 4.27. The summed E-state index contributed by atoms with van der Waals surface area (Å²) in [5.74, 6) is 0.215. The van der Waals surface area contributed by atoms with Crippen molar-refractivity contribution < 1.29 is 14.3 Å². The standard InChI is InChI=1S/C19H22N4O3/c1-2-26-19(25)23-10-6-9-15(13-23)18(24)22-16-11-20-17(21-12-16)14-7-4-3-5-8-14/h3-5,7-8,11-12,15H,2,6,9-10,13H2,1H3,(H,22,24). The predicted octanol–water partition coefficient (Wildman–Crippen LogP) is 2.95. The number of piperidine rings is 1. The Morgan fingerprint density at radius 1 is 1.23 bits per heavy atom. The predicted molar refractivity (Wildman–Crippen MR) is 97.4 cm³/mol. The molecule has 1 atom stereocenters. The Labute approximate surface area is 152 Å². The first-order chi connectivity index (χ1) is 12.7. The van der Waals surface area contributed by atoms with E-state index in [0.29, 0.717) is 31.2 Å². The van der Waals surface area contributed by atoms with Crippen LogP contribution >= 0.6 is 0 Å². The lowest BCUT2D eigenvalue weighted by Crippen LogP contribution is -2.44. The average molecular weight is 354 g/mol. The lowest BCUT2D eigenvalue weighted by atomic mass is 9.97. The van der Waals surface area contributed by atoms with E-state index in [4.69, 9.17) is 4.74 Å². The molecule has 7 nitrogen and oxygen atoms in total. The van der Waals surface area contributed by atoms with E-state index < -0.39 is 0 Å². The van der Waals surface area contributed by atoms with Gasteiger partial charge in [0.05, 0.1) is 30.6 Å². The molecule has 1 fully saturated rings. The molecule has 136 valence electrons. The van der Waals surface area contributed by atoms with Gasteiger partial charge in [0.2, 0.25) is 5.91 Å². The van der Waals surface area contributed by atoms with Crippen molar-refractivity contribution in [2.24, 2.45) is 5.92 Å². The fourth-order valence-corrected chi connectivity index (χ4v) is 2.94. The fraction of sp³-hybridized carbons (Fsp3) is 0.368. The number of ether oxygens (including phenoxy) is 1. The van der Waals surface area contributed by atoms with Gasteiger partial charge in [-0.3, -0.25) is 4.79 Å². The van der Waals surface area contributed by atoms with Crippen LogP contribution in [0.5, 0.6) is 0 Å². The molecule has 0 spiro atoms. The van der Waals surface area contributed by atoms with Crippen molar-refractivity contribution in [3.63, 3.8) is 0 Å². The molecule has 1 aliphatic rings. The first kappa shape index (κ1) is 17.8. The molecular formula is C19H22N4O3. The highest BCUT2D eigenvalue weighted by Gasteiger charge is 2.29. The van der Waals surface area contributed by atoms with Crippen LogP contribution < -0.4 is 5.32 Å². The number of carbonyl (C=O) groups excluding carboxylic acids is 2. The van der Waals surface area contributed by atoms with E-state index in [0.717, 1.165) is 18.4 Å². The molecule has 2 heterocycles. The largest absolute Gasteiger partial charge is 0.450 e. The molecule has 1 saturated heterocycles. The monoisotopic (exact) mass is 354 g/mol. The van der Waals surface area contributed by atoms with Gasteiger partial charge in [0.15, 0.2) is 5.82 Å². The van der Waals surface area contributed by atoms with Crippen LogP contribution in [0.3, 0.4) is 0 Å². The summed E-state index contributed by atoms with van der Waals surface area (Å²) in [6.45, 7) is 3.09. The van der Waals surface area contributed by atoms with Crippen molar-refractivity contribution in [3.8, 4) is 11.4 Å². The summed E-state index contributed by atoms with van der Waals surface area (Å²) in [6.07, 6.45) is 4.35. The molecule has 2 aromatic rings. The number of rotatable bonds is 4. The first-order valence-electron chi connectivity index (χ1n) is 8.77. The molecule has 1 N–H and O–H groups in total. The number of hydrogen-bond acceptors (Lipinski definition) is 5. The molecule has 7 heteroatoms. The van der Waals surface area contributed by atoms with Gasteiger partial charge in [0.25, 0.3) is 0 Å². The maximum absolute atomic E-state index is 12.5. The molecule has 1 aromatic heterocycles. The van der Waals surface area contributed by atoms with E-state index in [1.807, 2.05) is 30.3 Å². The van der Waals surface area contributed by atoms with E-state index in [-0.39, 0.29) is 17.9 Å². The Kier molecular flexibility index (Phi) is 5.78. The second kappa shape index (κ2) is 8.42. The van der Waals surface area contributed by atoms with Gasteiger partial charge in [-0.2, -0.15) is 0 Å². The van der Waals surface area contributed by atoms with Crippen molar-refractivity contribution in [3.05, 3.63) is 42.7 Å². The number of amides is 2. The third kappa shape index (κ3) is 4.36. The maximum Gasteiger partial charge on any atom is 0.409 e. The van der Waals surface area contributed by atoms with E-state index >= 15 is 0 Å². The van der Waals surface area contributed by atoms with Crippen LogP contribution in [-0.2, 0) is 9.53 Å². The highest BCUT2D eigenvalue weighted by molar-refractivity contribution is 5.92. The van der Waals surface area contributed by atoms with E-state index in [1.165, 1.54) is 0 Å². The molecule has 0 aliphatic carbocycles. The van der Waals surface area contributed by atoms with Crippen molar-refractivity contribution in [2.45, 2.75) is 19.8 Å². The lowest BCUT2D eigenvalue weighted by Gasteiger charge is -2.31. The molecular weight excluding hydrogens is 332 g/mol. The molecule has 2 amide bonds. The zero-order chi connectivity index (χ0) is 18.4. The van der Waals surface area contributed by atoms with Crippen molar-refractivity contribution in [2.75, 3.05) is 25.0 Å². The van der Waals surface area contributed by atoms with Gasteiger partial charge < -0.3 is 15.0 Å². The molecule has 0 bridgehead atoms. The van der Waals surface area contributed by atoms with Crippen LogP contribution in [0.4, 0.5) is 10.5 Å². The number of nitrogens with one attached hydrogen (secondary N) is 1. The SMILES string of the molecule is CCOC(=O)N1CCCC(C(=O)Nc2cnc(-c3ccccc3)nc2)C1. The van der Waals surface area contributed by atoms with Crippen LogP contribution in [0.1, 0.15) is 19.8 Å². The lowest BCUT2D eigenvalue weighted by molar-refractivity contribution is -0.121. The van der Waals surface area contributed by atoms with Gasteiger partial charge in [-0.25, -0.2) is 14.8 Å². The van der Waals surface area contributed by atoms with E-state index in [2.05, 4.69) is 15.3 Å². The minimum Gasteiger partial charge on any atom is -0.450 e. The number of hydrogen-bond donors (Lipinski definition) is 1. The summed E-state index contributed by atoms with van der Waals surface area (Å²) in [6, 6.07) is 9.64. The summed E-state index contributed by atoms with van der Waals surface area (Å²) < 4.78 is 5.02. The molecule has 1 aliphatic heterocycles. The van der Waals surface area contributed by atoms with Crippen LogP contribution in [0.25, 0.3) is 11.4 Å². The van der Waals surface area contributed by atoms with Crippen LogP contribution in [0.15, 0.2) is 42.7 Å². The number of likely N-dealkylation sites (tertiary alicyclic amines) is 1. The molecule has 3 rings (SSSR count). The number of anilines is 1. The number of aromatic nitrogens is 2. The van der Waals surface area contributed by atoms with Gasteiger partial charge >= 0.3 is 6.09 Å².